The standard InChI is InChI=1S/C18H24N2O.ClH/c1-12-5-3-4-6-14(12)16-15-10-19-9-13(15)11-20(16)17(21)18(2)7-8-18;/h3-6,13,15-16,19H,7-11H2,1-2H3;1H/t13-,15-,16-;/m0./s1. The number of fused-ring (bicyclic) bond motifs is 1. The van der Waals surface area contributed by atoms with E-state index in [-0.39, 0.29) is 23.9 Å². The van der Waals surface area contributed by atoms with Gasteiger partial charge in [-0.05, 0) is 36.8 Å². The van der Waals surface area contributed by atoms with E-state index in [9.17, 15) is 4.79 Å². The second-order valence-corrected chi connectivity index (χ2v) is 7.40. The van der Waals surface area contributed by atoms with Crippen molar-refractivity contribution in [3.05, 3.63) is 35.4 Å². The van der Waals surface area contributed by atoms with Gasteiger partial charge in [-0.15, -0.1) is 12.4 Å². The SMILES string of the molecule is Cc1ccccc1[C@H]1[C@H]2CNC[C@H]2CN1C(=O)C1(C)CC1.Cl. The molecule has 3 fully saturated rings. The smallest absolute Gasteiger partial charge is 0.229 e. The molecule has 0 bridgehead atoms. The molecule has 3 aliphatic rings. The highest BCUT2D eigenvalue weighted by molar-refractivity contribution is 5.86. The Morgan fingerprint density at radius 2 is 2.00 bits per heavy atom. The van der Waals surface area contributed by atoms with Crippen molar-refractivity contribution < 1.29 is 4.79 Å². The zero-order valence-electron chi connectivity index (χ0n) is 13.3. The molecule has 3 atom stereocenters. The normalized spacial score (nSPS) is 31.5. The zero-order valence-corrected chi connectivity index (χ0v) is 14.2. The van der Waals surface area contributed by atoms with Crippen molar-refractivity contribution in [1.82, 2.24) is 10.2 Å². The van der Waals surface area contributed by atoms with Crippen molar-refractivity contribution in [1.29, 1.82) is 0 Å². The number of benzene rings is 1. The van der Waals surface area contributed by atoms with Gasteiger partial charge in [0.1, 0.15) is 0 Å². The molecular formula is C18H25ClN2O. The molecule has 2 heterocycles. The Hall–Kier alpha value is -1.06. The first kappa shape index (κ1) is 15.8. The predicted molar refractivity (Wildman–Crippen MR) is 90.1 cm³/mol. The van der Waals surface area contributed by atoms with E-state index in [1.54, 1.807) is 0 Å². The lowest BCUT2D eigenvalue weighted by Gasteiger charge is -2.31. The van der Waals surface area contributed by atoms with Crippen LogP contribution in [0.25, 0.3) is 0 Å². The Morgan fingerprint density at radius 3 is 2.68 bits per heavy atom. The second-order valence-electron chi connectivity index (χ2n) is 7.40. The average molecular weight is 321 g/mol. The van der Waals surface area contributed by atoms with E-state index in [2.05, 4.69) is 48.3 Å². The Labute approximate surface area is 138 Å². The fourth-order valence-electron chi connectivity index (χ4n) is 4.19. The Bertz CT molecular complexity index is 584. The molecule has 1 aliphatic carbocycles. The fraction of sp³-hybridized carbons (Fsp3) is 0.611. The Morgan fingerprint density at radius 1 is 1.27 bits per heavy atom. The first-order valence-electron chi connectivity index (χ1n) is 8.17. The number of likely N-dealkylation sites (tertiary alicyclic amines) is 1. The van der Waals surface area contributed by atoms with Crippen LogP contribution in [0.15, 0.2) is 24.3 Å². The van der Waals surface area contributed by atoms with Gasteiger partial charge in [0, 0.05) is 31.0 Å². The maximum atomic E-state index is 13.0. The summed E-state index contributed by atoms with van der Waals surface area (Å²) < 4.78 is 0. The second kappa shape index (κ2) is 5.54. The van der Waals surface area contributed by atoms with E-state index >= 15 is 0 Å². The number of hydrogen-bond acceptors (Lipinski definition) is 2. The van der Waals surface area contributed by atoms with Crippen LogP contribution in [0, 0.1) is 24.2 Å². The molecule has 0 radical (unpaired) electrons. The number of amides is 1. The van der Waals surface area contributed by atoms with Crippen molar-refractivity contribution >= 4 is 18.3 Å². The van der Waals surface area contributed by atoms with Crippen molar-refractivity contribution in [3.63, 3.8) is 0 Å². The number of halogens is 1. The van der Waals surface area contributed by atoms with E-state index in [1.165, 1.54) is 11.1 Å². The monoisotopic (exact) mass is 320 g/mol. The molecule has 22 heavy (non-hydrogen) atoms. The summed E-state index contributed by atoms with van der Waals surface area (Å²) in [6.07, 6.45) is 2.13. The molecule has 0 spiro atoms. The third-order valence-corrected chi connectivity index (χ3v) is 5.85. The van der Waals surface area contributed by atoms with Crippen LogP contribution in [0.5, 0.6) is 0 Å². The van der Waals surface area contributed by atoms with E-state index in [4.69, 9.17) is 0 Å². The topological polar surface area (TPSA) is 32.3 Å². The number of carbonyl (C=O) groups is 1. The number of aryl methyl sites for hydroxylation is 1. The predicted octanol–water partition coefficient (Wildman–Crippen LogP) is 2.94. The van der Waals surface area contributed by atoms with Gasteiger partial charge in [0.15, 0.2) is 0 Å². The first-order valence-corrected chi connectivity index (χ1v) is 8.17. The van der Waals surface area contributed by atoms with Crippen molar-refractivity contribution in [2.75, 3.05) is 19.6 Å². The first-order chi connectivity index (χ1) is 10.1. The molecule has 2 saturated heterocycles. The van der Waals surface area contributed by atoms with Crippen LogP contribution in [0.1, 0.15) is 36.9 Å². The molecule has 2 aliphatic heterocycles. The molecule has 4 rings (SSSR count). The summed E-state index contributed by atoms with van der Waals surface area (Å²) in [5, 5.41) is 3.52. The molecule has 3 nitrogen and oxygen atoms in total. The van der Waals surface area contributed by atoms with Gasteiger partial charge in [-0.25, -0.2) is 0 Å². The van der Waals surface area contributed by atoms with Crippen LogP contribution in [0.4, 0.5) is 0 Å². The van der Waals surface area contributed by atoms with Gasteiger partial charge < -0.3 is 10.2 Å². The van der Waals surface area contributed by atoms with Crippen molar-refractivity contribution in [2.45, 2.75) is 32.7 Å². The molecule has 1 aromatic carbocycles. The lowest BCUT2D eigenvalue weighted by Crippen LogP contribution is -2.38. The maximum Gasteiger partial charge on any atom is 0.229 e. The lowest BCUT2D eigenvalue weighted by atomic mass is 9.87. The number of rotatable bonds is 2. The van der Waals surface area contributed by atoms with Gasteiger partial charge in [0.2, 0.25) is 5.91 Å². The van der Waals surface area contributed by atoms with Gasteiger partial charge in [0.05, 0.1) is 6.04 Å². The third-order valence-electron chi connectivity index (χ3n) is 5.85. The quantitative estimate of drug-likeness (QED) is 0.908. The summed E-state index contributed by atoms with van der Waals surface area (Å²) in [4.78, 5) is 15.2. The number of nitrogens with zero attached hydrogens (tertiary/aromatic N) is 1. The number of hydrogen-bond donors (Lipinski definition) is 1. The highest BCUT2D eigenvalue weighted by Crippen LogP contribution is 2.51. The summed E-state index contributed by atoms with van der Waals surface area (Å²) in [6.45, 7) is 7.35. The van der Waals surface area contributed by atoms with E-state index in [0.29, 0.717) is 17.7 Å². The van der Waals surface area contributed by atoms with Crippen LogP contribution in [-0.2, 0) is 4.79 Å². The third kappa shape index (κ3) is 2.35. The maximum absolute atomic E-state index is 13.0. The molecule has 0 aromatic heterocycles. The van der Waals surface area contributed by atoms with Gasteiger partial charge in [0.25, 0.3) is 0 Å². The number of carbonyl (C=O) groups excluding carboxylic acids is 1. The zero-order chi connectivity index (χ0) is 14.6. The Kier molecular flexibility index (Phi) is 3.98. The summed E-state index contributed by atoms with van der Waals surface area (Å²) in [6, 6.07) is 8.87. The Balaban J connectivity index is 0.00000144. The molecule has 1 N–H and O–H groups in total. The van der Waals surface area contributed by atoms with Crippen LogP contribution in [0.2, 0.25) is 0 Å². The summed E-state index contributed by atoms with van der Waals surface area (Å²) in [5.41, 5.74) is 2.60. The van der Waals surface area contributed by atoms with Crippen molar-refractivity contribution in [3.8, 4) is 0 Å². The fourth-order valence-corrected chi connectivity index (χ4v) is 4.19. The largest absolute Gasteiger partial charge is 0.334 e. The molecule has 1 amide bonds. The van der Waals surface area contributed by atoms with Gasteiger partial charge in [-0.1, -0.05) is 31.2 Å². The van der Waals surface area contributed by atoms with Crippen LogP contribution < -0.4 is 5.32 Å². The minimum absolute atomic E-state index is 0. The number of nitrogens with one attached hydrogen (secondary N) is 1. The summed E-state index contributed by atoms with van der Waals surface area (Å²) >= 11 is 0. The highest BCUT2D eigenvalue weighted by atomic mass is 35.5. The molecule has 1 aromatic rings. The van der Waals surface area contributed by atoms with Crippen LogP contribution in [0.3, 0.4) is 0 Å². The average Bonchev–Trinajstić information content (AvgIpc) is 2.93. The van der Waals surface area contributed by atoms with Gasteiger partial charge in [-0.2, -0.15) is 0 Å². The summed E-state index contributed by atoms with van der Waals surface area (Å²) in [7, 11) is 0. The molecular weight excluding hydrogens is 296 g/mol. The lowest BCUT2D eigenvalue weighted by molar-refractivity contribution is -0.137. The van der Waals surface area contributed by atoms with Crippen LogP contribution in [-0.4, -0.2) is 30.4 Å². The van der Waals surface area contributed by atoms with Crippen LogP contribution >= 0.6 is 12.4 Å². The minimum atomic E-state index is -0.0625. The molecule has 1 saturated carbocycles. The molecule has 120 valence electrons. The van der Waals surface area contributed by atoms with E-state index < -0.39 is 0 Å². The van der Waals surface area contributed by atoms with Gasteiger partial charge >= 0.3 is 0 Å². The van der Waals surface area contributed by atoms with E-state index in [0.717, 1.165) is 32.5 Å². The molecule has 4 heteroatoms. The highest BCUT2D eigenvalue weighted by Gasteiger charge is 2.54. The van der Waals surface area contributed by atoms with Gasteiger partial charge in [-0.3, -0.25) is 4.79 Å². The van der Waals surface area contributed by atoms with Crippen molar-refractivity contribution in [2.24, 2.45) is 17.3 Å². The molecule has 0 unspecified atom stereocenters. The van der Waals surface area contributed by atoms with E-state index in [1.807, 2.05) is 0 Å². The minimum Gasteiger partial charge on any atom is -0.334 e. The summed E-state index contributed by atoms with van der Waals surface area (Å²) in [5.74, 6) is 1.60.